The summed E-state index contributed by atoms with van der Waals surface area (Å²) in [6.45, 7) is 5.92. The highest BCUT2D eigenvalue weighted by Gasteiger charge is 2.53. The number of hydrogen-bond acceptors (Lipinski definition) is 6. The molecule has 1 fully saturated rings. The van der Waals surface area contributed by atoms with E-state index in [-0.39, 0.29) is 36.2 Å². The molecule has 2 N–H and O–H groups in total. The predicted octanol–water partition coefficient (Wildman–Crippen LogP) is -0.145. The van der Waals surface area contributed by atoms with Gasteiger partial charge in [0.05, 0.1) is 6.61 Å². The van der Waals surface area contributed by atoms with Gasteiger partial charge < -0.3 is 15.2 Å². The lowest BCUT2D eigenvalue weighted by atomic mass is 10.0. The Bertz CT molecular complexity index is 463. The molecule has 0 aromatic rings. The summed E-state index contributed by atoms with van der Waals surface area (Å²) >= 11 is 1.54. The lowest BCUT2D eigenvalue weighted by Crippen LogP contribution is -2.69. The quantitative estimate of drug-likeness (QED) is 0.403. The fourth-order valence-corrected chi connectivity index (χ4v) is 3.63. The number of esters is 1. The van der Waals surface area contributed by atoms with E-state index in [4.69, 9.17) is 4.74 Å². The van der Waals surface area contributed by atoms with E-state index >= 15 is 0 Å². The number of β-lactam (4-membered cyclic amide) rings is 1. The van der Waals surface area contributed by atoms with Crippen molar-refractivity contribution in [2.75, 3.05) is 25.5 Å². The van der Waals surface area contributed by atoms with Crippen LogP contribution in [0.15, 0.2) is 23.9 Å². The Hall–Kier alpha value is -1.31. The van der Waals surface area contributed by atoms with E-state index in [1.165, 1.54) is 22.7 Å². The molecule has 0 aliphatic carbocycles. The monoisotopic (exact) mass is 298 g/mol. The van der Waals surface area contributed by atoms with E-state index in [0.29, 0.717) is 17.9 Å². The second-order valence-corrected chi connectivity index (χ2v) is 5.55. The van der Waals surface area contributed by atoms with Gasteiger partial charge in [0.2, 0.25) is 5.91 Å². The normalized spacial score (nSPS) is 25.1. The van der Waals surface area contributed by atoms with Gasteiger partial charge in [0, 0.05) is 5.75 Å². The van der Waals surface area contributed by atoms with Crippen LogP contribution in [-0.2, 0) is 14.3 Å². The zero-order chi connectivity index (χ0) is 14.7. The zero-order valence-electron chi connectivity index (χ0n) is 11.3. The molecular weight excluding hydrogens is 280 g/mol. The maximum atomic E-state index is 12.1. The Morgan fingerprint density at radius 1 is 1.70 bits per heavy atom. The number of nitrogens with one attached hydrogen (secondary N) is 1. The predicted molar refractivity (Wildman–Crippen MR) is 75.8 cm³/mol. The van der Waals surface area contributed by atoms with Crippen LogP contribution in [-0.4, -0.2) is 58.8 Å². The molecule has 2 rings (SSSR count). The van der Waals surface area contributed by atoms with Crippen molar-refractivity contribution in [2.24, 2.45) is 0 Å². The molecule has 0 bridgehead atoms. The van der Waals surface area contributed by atoms with E-state index in [1.54, 1.807) is 0 Å². The summed E-state index contributed by atoms with van der Waals surface area (Å²) in [4.78, 5) is 25.6. The third kappa shape index (κ3) is 2.48. The Kier molecular flexibility index (Phi) is 4.85. The summed E-state index contributed by atoms with van der Waals surface area (Å²) in [6, 6.07) is -0.271. The fraction of sp³-hybridized carbons (Fsp3) is 0.538. The largest absolute Gasteiger partial charge is 0.457 e. The van der Waals surface area contributed by atoms with Crippen molar-refractivity contribution in [3.8, 4) is 0 Å². The van der Waals surface area contributed by atoms with Crippen molar-refractivity contribution in [3.63, 3.8) is 0 Å². The van der Waals surface area contributed by atoms with Crippen LogP contribution in [0.5, 0.6) is 0 Å². The summed E-state index contributed by atoms with van der Waals surface area (Å²) in [5.41, 5.74) is 0.723. The van der Waals surface area contributed by atoms with Crippen LogP contribution in [0.2, 0.25) is 0 Å². The molecule has 7 heteroatoms. The van der Waals surface area contributed by atoms with Crippen LogP contribution in [0.1, 0.15) is 6.92 Å². The summed E-state index contributed by atoms with van der Waals surface area (Å²) in [5, 5.41) is 12.4. The average Bonchev–Trinajstić information content (AvgIpc) is 2.48. The fourth-order valence-electron chi connectivity index (χ4n) is 2.27. The summed E-state index contributed by atoms with van der Waals surface area (Å²) in [6.07, 6.45) is 1.46. The van der Waals surface area contributed by atoms with Crippen LogP contribution in [0, 0.1) is 0 Å². The number of hydrogen-bond donors (Lipinski definition) is 2. The van der Waals surface area contributed by atoms with Crippen molar-refractivity contribution in [1.82, 2.24) is 10.2 Å². The highest BCUT2D eigenvalue weighted by Crippen LogP contribution is 2.40. The van der Waals surface area contributed by atoms with Gasteiger partial charge in [-0.15, -0.1) is 11.8 Å². The first-order valence-corrected chi connectivity index (χ1v) is 7.49. The third-order valence-electron chi connectivity index (χ3n) is 3.19. The third-order valence-corrected chi connectivity index (χ3v) is 4.53. The number of ether oxygens (including phenoxy) is 1. The van der Waals surface area contributed by atoms with Gasteiger partial charge in [-0.3, -0.25) is 9.69 Å². The average molecular weight is 298 g/mol. The second kappa shape index (κ2) is 6.43. The first kappa shape index (κ1) is 15.1. The van der Waals surface area contributed by atoms with Gasteiger partial charge in [-0.25, -0.2) is 4.79 Å². The van der Waals surface area contributed by atoms with E-state index in [0.717, 1.165) is 0 Å². The number of carbonyl (C=O) groups excluding carboxylic acids is 2. The van der Waals surface area contributed by atoms with Crippen LogP contribution in [0.3, 0.4) is 0 Å². The molecule has 20 heavy (non-hydrogen) atoms. The topological polar surface area (TPSA) is 78.9 Å². The molecule has 110 valence electrons. The van der Waals surface area contributed by atoms with Crippen molar-refractivity contribution < 1.29 is 19.4 Å². The number of nitrogens with zero attached hydrogens (tertiary/aromatic N) is 1. The lowest BCUT2D eigenvalue weighted by molar-refractivity contribution is -0.151. The highest BCUT2D eigenvalue weighted by atomic mass is 32.2. The van der Waals surface area contributed by atoms with Crippen LogP contribution in [0.4, 0.5) is 0 Å². The molecule has 0 radical (unpaired) electrons. The molecule has 0 saturated carbocycles. The van der Waals surface area contributed by atoms with Gasteiger partial charge in [0.1, 0.15) is 23.7 Å². The number of thioether (sulfide) groups is 1. The molecule has 2 aliphatic heterocycles. The van der Waals surface area contributed by atoms with Gasteiger partial charge in [-0.1, -0.05) is 19.6 Å². The molecule has 0 aromatic carbocycles. The maximum absolute atomic E-state index is 12.1. The standard InChI is InChI=1S/C13H18N2O4S/c1-3-5-19-13(18)10-8(6-16)7-20-12-9(14-4-2)11(17)15(10)12/h3,9,12,14,16H,1,4-7H2,2H3. The molecule has 2 heterocycles. The summed E-state index contributed by atoms with van der Waals surface area (Å²) in [7, 11) is 0. The maximum Gasteiger partial charge on any atom is 0.355 e. The minimum Gasteiger partial charge on any atom is -0.457 e. The van der Waals surface area contributed by atoms with Crippen LogP contribution >= 0.6 is 11.8 Å². The first-order chi connectivity index (χ1) is 9.65. The number of aliphatic hydroxyl groups is 1. The van der Waals surface area contributed by atoms with Crippen molar-refractivity contribution >= 4 is 23.6 Å². The van der Waals surface area contributed by atoms with Gasteiger partial charge >= 0.3 is 5.97 Å². The van der Waals surface area contributed by atoms with Gasteiger partial charge in [0.25, 0.3) is 0 Å². The molecule has 0 aromatic heterocycles. The van der Waals surface area contributed by atoms with Gasteiger partial charge in [-0.2, -0.15) is 0 Å². The molecule has 1 saturated heterocycles. The second-order valence-electron chi connectivity index (χ2n) is 4.44. The Morgan fingerprint density at radius 2 is 2.45 bits per heavy atom. The van der Waals surface area contributed by atoms with E-state index in [1.807, 2.05) is 6.92 Å². The van der Waals surface area contributed by atoms with Crippen LogP contribution < -0.4 is 5.32 Å². The molecule has 0 spiro atoms. The van der Waals surface area contributed by atoms with Crippen molar-refractivity contribution in [1.29, 1.82) is 0 Å². The van der Waals surface area contributed by atoms with Crippen LogP contribution in [0.25, 0.3) is 0 Å². The minimum absolute atomic E-state index is 0.0809. The molecule has 2 atom stereocenters. The zero-order valence-corrected chi connectivity index (χ0v) is 12.1. The van der Waals surface area contributed by atoms with E-state index in [2.05, 4.69) is 11.9 Å². The molecule has 2 aliphatic rings. The number of carbonyl (C=O) groups is 2. The number of amides is 1. The minimum atomic E-state index is -0.581. The number of likely N-dealkylation sites (N-methyl/N-ethyl adjacent to an activating group) is 1. The number of aliphatic hydroxyl groups excluding tert-OH is 1. The molecule has 2 unspecified atom stereocenters. The Balaban J connectivity index is 2.21. The van der Waals surface area contributed by atoms with Crippen molar-refractivity contribution in [3.05, 3.63) is 23.9 Å². The summed E-state index contributed by atoms with van der Waals surface area (Å²) < 4.78 is 5.01. The lowest BCUT2D eigenvalue weighted by Gasteiger charge is -2.49. The first-order valence-electron chi connectivity index (χ1n) is 6.44. The highest BCUT2D eigenvalue weighted by molar-refractivity contribution is 8.00. The van der Waals surface area contributed by atoms with E-state index < -0.39 is 5.97 Å². The number of rotatable bonds is 6. The Morgan fingerprint density at radius 3 is 3.05 bits per heavy atom. The van der Waals surface area contributed by atoms with Gasteiger partial charge in [0.15, 0.2) is 0 Å². The Labute approximate surface area is 121 Å². The molecule has 1 amide bonds. The summed E-state index contributed by atoms with van der Waals surface area (Å²) in [5.74, 6) is -0.214. The molecular formula is C13H18N2O4S. The SMILES string of the molecule is C=CCOC(=O)C1=C(CO)CSC2C(NCC)C(=O)N12. The number of fused-ring (bicyclic) bond motifs is 1. The molecule has 6 nitrogen and oxygen atoms in total. The smallest absolute Gasteiger partial charge is 0.355 e. The van der Waals surface area contributed by atoms with E-state index in [9.17, 15) is 14.7 Å². The van der Waals surface area contributed by atoms with Gasteiger partial charge in [-0.05, 0) is 12.1 Å². The van der Waals surface area contributed by atoms with Crippen molar-refractivity contribution in [2.45, 2.75) is 18.3 Å².